The second kappa shape index (κ2) is 5.74. The summed E-state index contributed by atoms with van der Waals surface area (Å²) in [5.74, 6) is -0.454. The number of aromatic nitrogens is 2. The molecule has 0 amide bonds. The molecule has 0 atom stereocenters. The summed E-state index contributed by atoms with van der Waals surface area (Å²) < 4.78 is 42.8. The summed E-state index contributed by atoms with van der Waals surface area (Å²) >= 11 is 0. The average molecular weight is 294 g/mol. The van der Waals surface area contributed by atoms with Gasteiger partial charge >= 0.3 is 6.18 Å². The van der Waals surface area contributed by atoms with E-state index in [9.17, 15) is 18.0 Å². The molecule has 0 N–H and O–H groups in total. The van der Waals surface area contributed by atoms with Crippen molar-refractivity contribution in [3.8, 4) is 11.6 Å². The zero-order chi connectivity index (χ0) is 15.5. The third-order valence-corrected chi connectivity index (χ3v) is 2.45. The third kappa shape index (κ3) is 3.65. The lowest BCUT2D eigenvalue weighted by Gasteiger charge is -2.09. The number of carbonyl (C=O) groups excluding carboxylic acids is 1. The van der Waals surface area contributed by atoms with Gasteiger partial charge in [-0.25, -0.2) is 9.97 Å². The molecule has 0 aliphatic carbocycles. The minimum atomic E-state index is -4.45. The van der Waals surface area contributed by atoms with Gasteiger partial charge in [-0.15, -0.1) is 0 Å². The highest BCUT2D eigenvalue weighted by Gasteiger charge is 2.30. The van der Waals surface area contributed by atoms with Crippen LogP contribution in [-0.2, 0) is 6.18 Å². The molecule has 1 aromatic heterocycles. The minimum Gasteiger partial charge on any atom is -0.437 e. The zero-order valence-electron chi connectivity index (χ0n) is 10.6. The Balaban J connectivity index is 2.19. The van der Waals surface area contributed by atoms with Gasteiger partial charge in [-0.05, 0) is 24.3 Å². The first-order chi connectivity index (χ1) is 9.90. The van der Waals surface area contributed by atoms with Gasteiger partial charge < -0.3 is 4.74 Å². The molecule has 0 saturated carbocycles. The van der Waals surface area contributed by atoms with Gasteiger partial charge in [-0.1, -0.05) is 12.6 Å². The van der Waals surface area contributed by atoms with Crippen molar-refractivity contribution < 1.29 is 22.7 Å². The standard InChI is InChI=1S/C14H9F3N2O2/c1-2-12(20)11-7-19-13(8-18-11)21-10-5-3-4-9(6-10)14(15,16)17/h2-8H,1H2. The lowest BCUT2D eigenvalue weighted by atomic mass is 10.2. The van der Waals surface area contributed by atoms with Gasteiger partial charge in [0.25, 0.3) is 0 Å². The minimum absolute atomic E-state index is 0.0186. The van der Waals surface area contributed by atoms with Crippen LogP contribution in [0.25, 0.3) is 0 Å². The van der Waals surface area contributed by atoms with Crippen LogP contribution in [0.2, 0.25) is 0 Å². The molecule has 0 fully saturated rings. The Morgan fingerprint density at radius 2 is 2.00 bits per heavy atom. The Bertz CT molecular complexity index is 667. The van der Waals surface area contributed by atoms with Crippen LogP contribution in [0.4, 0.5) is 13.2 Å². The van der Waals surface area contributed by atoms with Crippen LogP contribution in [0.15, 0.2) is 49.3 Å². The van der Waals surface area contributed by atoms with Gasteiger partial charge in [-0.3, -0.25) is 4.79 Å². The number of hydrogen-bond acceptors (Lipinski definition) is 4. The van der Waals surface area contributed by atoms with Gasteiger partial charge in [0.15, 0.2) is 0 Å². The van der Waals surface area contributed by atoms with Gasteiger partial charge in [0.1, 0.15) is 11.4 Å². The van der Waals surface area contributed by atoms with Crippen molar-refractivity contribution in [3.05, 3.63) is 60.6 Å². The number of nitrogens with zero attached hydrogens (tertiary/aromatic N) is 2. The van der Waals surface area contributed by atoms with Crippen LogP contribution < -0.4 is 4.74 Å². The van der Waals surface area contributed by atoms with E-state index in [1.54, 1.807) is 0 Å². The predicted octanol–water partition coefficient (Wildman–Crippen LogP) is 3.66. The Morgan fingerprint density at radius 1 is 1.24 bits per heavy atom. The van der Waals surface area contributed by atoms with Crippen LogP contribution in [-0.4, -0.2) is 15.8 Å². The molecule has 1 aromatic carbocycles. The lowest BCUT2D eigenvalue weighted by molar-refractivity contribution is -0.137. The summed E-state index contributed by atoms with van der Waals surface area (Å²) in [7, 11) is 0. The first-order valence-corrected chi connectivity index (χ1v) is 5.74. The Hall–Kier alpha value is -2.70. The predicted molar refractivity (Wildman–Crippen MR) is 68.1 cm³/mol. The first-order valence-electron chi connectivity index (χ1n) is 5.74. The Morgan fingerprint density at radius 3 is 2.57 bits per heavy atom. The fourth-order valence-corrected chi connectivity index (χ4v) is 1.46. The first kappa shape index (κ1) is 14.7. The van der Waals surface area contributed by atoms with E-state index in [4.69, 9.17) is 4.74 Å². The Labute approximate surface area is 117 Å². The topological polar surface area (TPSA) is 52.1 Å². The van der Waals surface area contributed by atoms with Crippen LogP contribution in [0, 0.1) is 0 Å². The quantitative estimate of drug-likeness (QED) is 0.638. The highest BCUT2D eigenvalue weighted by molar-refractivity contribution is 6.02. The fraction of sp³-hybridized carbons (Fsp3) is 0.0714. The van der Waals surface area contributed by atoms with E-state index in [-0.39, 0.29) is 17.3 Å². The molecule has 0 bridgehead atoms. The normalized spacial score (nSPS) is 11.0. The average Bonchev–Trinajstić information content (AvgIpc) is 2.47. The van der Waals surface area contributed by atoms with Crippen molar-refractivity contribution in [3.63, 3.8) is 0 Å². The second-order valence-corrected chi connectivity index (χ2v) is 3.94. The summed E-state index contributed by atoms with van der Waals surface area (Å²) in [6.07, 6.45) is -1.06. The highest BCUT2D eigenvalue weighted by atomic mass is 19.4. The van der Waals surface area contributed by atoms with Crippen molar-refractivity contribution in [2.24, 2.45) is 0 Å². The smallest absolute Gasteiger partial charge is 0.416 e. The van der Waals surface area contributed by atoms with E-state index in [1.165, 1.54) is 12.1 Å². The van der Waals surface area contributed by atoms with Gasteiger partial charge in [-0.2, -0.15) is 13.2 Å². The molecular weight excluding hydrogens is 285 g/mol. The number of hydrogen-bond donors (Lipinski definition) is 0. The van der Waals surface area contributed by atoms with E-state index in [0.29, 0.717) is 0 Å². The molecule has 108 valence electrons. The lowest BCUT2D eigenvalue weighted by Crippen LogP contribution is -2.04. The van der Waals surface area contributed by atoms with Crippen LogP contribution in [0.5, 0.6) is 11.6 Å². The maximum atomic E-state index is 12.6. The van der Waals surface area contributed by atoms with E-state index in [0.717, 1.165) is 30.6 Å². The fourth-order valence-electron chi connectivity index (χ4n) is 1.46. The van der Waals surface area contributed by atoms with E-state index in [1.807, 2.05) is 0 Å². The molecule has 21 heavy (non-hydrogen) atoms. The number of halogens is 3. The van der Waals surface area contributed by atoms with Crippen LogP contribution in [0.1, 0.15) is 16.1 Å². The largest absolute Gasteiger partial charge is 0.437 e. The number of ketones is 1. The van der Waals surface area contributed by atoms with Gasteiger partial charge in [0.2, 0.25) is 11.7 Å². The van der Waals surface area contributed by atoms with E-state index in [2.05, 4.69) is 16.5 Å². The summed E-state index contributed by atoms with van der Waals surface area (Å²) in [6.45, 7) is 3.30. The number of ether oxygens (including phenoxy) is 1. The monoisotopic (exact) mass is 294 g/mol. The maximum Gasteiger partial charge on any atom is 0.416 e. The summed E-state index contributed by atoms with van der Waals surface area (Å²) in [4.78, 5) is 18.8. The van der Waals surface area contributed by atoms with Crippen molar-refractivity contribution in [1.29, 1.82) is 0 Å². The molecule has 0 unspecified atom stereocenters. The molecule has 4 nitrogen and oxygen atoms in total. The molecule has 0 spiro atoms. The SMILES string of the molecule is C=CC(=O)c1cnc(Oc2cccc(C(F)(F)F)c2)cn1. The van der Waals surface area contributed by atoms with Crippen molar-refractivity contribution >= 4 is 5.78 Å². The molecule has 7 heteroatoms. The molecule has 0 aliphatic rings. The van der Waals surface area contributed by atoms with Crippen molar-refractivity contribution in [2.45, 2.75) is 6.18 Å². The number of benzene rings is 1. The molecule has 0 radical (unpaired) electrons. The number of alkyl halides is 3. The summed E-state index contributed by atoms with van der Waals surface area (Å²) in [6, 6.07) is 4.37. The summed E-state index contributed by atoms with van der Waals surface area (Å²) in [5.41, 5.74) is -0.757. The number of allylic oxidation sites excluding steroid dienone is 1. The zero-order valence-corrected chi connectivity index (χ0v) is 10.6. The maximum absolute atomic E-state index is 12.6. The number of carbonyl (C=O) groups is 1. The van der Waals surface area contributed by atoms with E-state index >= 15 is 0 Å². The van der Waals surface area contributed by atoms with Gasteiger partial charge in [0.05, 0.1) is 18.0 Å². The molecule has 0 saturated heterocycles. The van der Waals surface area contributed by atoms with Crippen molar-refractivity contribution in [2.75, 3.05) is 0 Å². The molecular formula is C14H9F3N2O2. The third-order valence-electron chi connectivity index (χ3n) is 2.45. The molecule has 0 aliphatic heterocycles. The summed E-state index contributed by atoms with van der Waals surface area (Å²) in [5, 5.41) is 0. The number of rotatable bonds is 4. The second-order valence-electron chi connectivity index (χ2n) is 3.94. The van der Waals surface area contributed by atoms with Crippen LogP contribution >= 0.6 is 0 Å². The van der Waals surface area contributed by atoms with E-state index < -0.39 is 17.5 Å². The highest BCUT2D eigenvalue weighted by Crippen LogP contribution is 2.32. The van der Waals surface area contributed by atoms with Crippen molar-refractivity contribution in [1.82, 2.24) is 9.97 Å². The molecule has 1 heterocycles. The van der Waals surface area contributed by atoms with Gasteiger partial charge in [0, 0.05) is 0 Å². The Kier molecular flexibility index (Phi) is 4.02. The molecule has 2 rings (SSSR count). The molecule has 2 aromatic rings. The van der Waals surface area contributed by atoms with Crippen LogP contribution in [0.3, 0.4) is 0 Å².